The van der Waals surface area contributed by atoms with Crippen LogP contribution in [0.15, 0.2) is 30.6 Å². The van der Waals surface area contributed by atoms with Gasteiger partial charge >= 0.3 is 0 Å². The van der Waals surface area contributed by atoms with Crippen molar-refractivity contribution in [1.82, 2.24) is 25.1 Å². The van der Waals surface area contributed by atoms with Gasteiger partial charge in [0.15, 0.2) is 0 Å². The Balaban J connectivity index is 1.58. The van der Waals surface area contributed by atoms with Gasteiger partial charge in [-0.3, -0.25) is 4.79 Å². The highest BCUT2D eigenvalue weighted by Gasteiger charge is 2.09. The SMILES string of the molecule is Cc1ccccc1C(=O)NCCc1nn2cnnc2s1. The van der Waals surface area contributed by atoms with E-state index in [0.717, 1.165) is 15.5 Å². The summed E-state index contributed by atoms with van der Waals surface area (Å²) in [4.78, 5) is 12.8. The number of nitrogens with zero attached hydrogens (tertiary/aromatic N) is 4. The van der Waals surface area contributed by atoms with Crippen LogP contribution in [0, 0.1) is 6.92 Å². The number of amides is 1. The summed E-state index contributed by atoms with van der Waals surface area (Å²) in [5.41, 5.74) is 1.69. The van der Waals surface area contributed by atoms with E-state index < -0.39 is 0 Å². The van der Waals surface area contributed by atoms with Gasteiger partial charge in [0, 0.05) is 18.5 Å². The second-order valence-corrected chi connectivity index (χ2v) is 5.42. The minimum Gasteiger partial charge on any atom is -0.352 e. The number of carbonyl (C=O) groups is 1. The van der Waals surface area contributed by atoms with Crippen molar-refractivity contribution in [3.8, 4) is 0 Å². The van der Waals surface area contributed by atoms with Crippen molar-refractivity contribution < 1.29 is 4.79 Å². The molecular weight excluding hydrogens is 274 g/mol. The quantitative estimate of drug-likeness (QED) is 0.788. The molecule has 6 nitrogen and oxygen atoms in total. The van der Waals surface area contributed by atoms with Gasteiger partial charge < -0.3 is 5.32 Å². The monoisotopic (exact) mass is 287 g/mol. The summed E-state index contributed by atoms with van der Waals surface area (Å²) < 4.78 is 1.64. The molecule has 0 unspecified atom stereocenters. The minimum atomic E-state index is -0.0499. The molecule has 0 fully saturated rings. The first-order chi connectivity index (χ1) is 9.74. The zero-order valence-corrected chi connectivity index (χ0v) is 11.7. The highest BCUT2D eigenvalue weighted by Crippen LogP contribution is 2.11. The Labute approximate surface area is 119 Å². The van der Waals surface area contributed by atoms with Crippen molar-refractivity contribution in [2.75, 3.05) is 6.54 Å². The third-order valence-electron chi connectivity index (χ3n) is 2.94. The maximum absolute atomic E-state index is 12.0. The Morgan fingerprint density at radius 3 is 3.05 bits per heavy atom. The molecule has 102 valence electrons. The van der Waals surface area contributed by atoms with Gasteiger partial charge in [0.05, 0.1) is 0 Å². The lowest BCUT2D eigenvalue weighted by Crippen LogP contribution is -2.26. The zero-order valence-electron chi connectivity index (χ0n) is 10.9. The summed E-state index contributed by atoms with van der Waals surface area (Å²) in [6.45, 7) is 2.48. The maximum atomic E-state index is 12.0. The van der Waals surface area contributed by atoms with Gasteiger partial charge in [-0.1, -0.05) is 29.5 Å². The van der Waals surface area contributed by atoms with Crippen molar-refractivity contribution in [3.63, 3.8) is 0 Å². The van der Waals surface area contributed by atoms with Crippen LogP contribution in [0.5, 0.6) is 0 Å². The summed E-state index contributed by atoms with van der Waals surface area (Å²) in [6, 6.07) is 7.54. The van der Waals surface area contributed by atoms with E-state index in [2.05, 4.69) is 20.6 Å². The molecule has 1 aromatic carbocycles. The molecule has 2 heterocycles. The first-order valence-electron chi connectivity index (χ1n) is 6.23. The highest BCUT2D eigenvalue weighted by molar-refractivity contribution is 7.16. The van der Waals surface area contributed by atoms with Gasteiger partial charge in [-0.25, -0.2) is 0 Å². The van der Waals surface area contributed by atoms with Crippen molar-refractivity contribution in [1.29, 1.82) is 0 Å². The third kappa shape index (κ3) is 2.53. The van der Waals surface area contributed by atoms with Gasteiger partial charge in [0.2, 0.25) is 4.96 Å². The Morgan fingerprint density at radius 1 is 1.40 bits per heavy atom. The van der Waals surface area contributed by atoms with E-state index in [1.165, 1.54) is 11.3 Å². The summed E-state index contributed by atoms with van der Waals surface area (Å²) in [7, 11) is 0. The number of aryl methyl sites for hydroxylation is 1. The van der Waals surface area contributed by atoms with E-state index >= 15 is 0 Å². The average Bonchev–Trinajstić information content (AvgIpc) is 3.00. The number of hydrogen-bond donors (Lipinski definition) is 1. The third-order valence-corrected chi connectivity index (χ3v) is 3.92. The van der Waals surface area contributed by atoms with Gasteiger partial charge in [0.1, 0.15) is 11.3 Å². The van der Waals surface area contributed by atoms with Crippen molar-refractivity contribution >= 4 is 22.2 Å². The van der Waals surface area contributed by atoms with Crippen LogP contribution < -0.4 is 5.32 Å². The van der Waals surface area contributed by atoms with Gasteiger partial charge in [0.25, 0.3) is 5.91 Å². The largest absolute Gasteiger partial charge is 0.352 e. The number of aromatic nitrogens is 4. The molecule has 0 spiro atoms. The summed E-state index contributed by atoms with van der Waals surface area (Å²) >= 11 is 1.48. The predicted octanol–water partition coefficient (Wildman–Crippen LogP) is 1.47. The van der Waals surface area contributed by atoms with Crippen LogP contribution in [0.2, 0.25) is 0 Å². The zero-order chi connectivity index (χ0) is 13.9. The molecule has 0 aliphatic carbocycles. The van der Waals surface area contributed by atoms with Gasteiger partial charge in [-0.05, 0) is 18.6 Å². The lowest BCUT2D eigenvalue weighted by Gasteiger charge is -2.06. The number of benzene rings is 1. The fourth-order valence-electron chi connectivity index (χ4n) is 1.91. The molecule has 0 radical (unpaired) electrons. The van der Waals surface area contributed by atoms with Crippen LogP contribution in [0.25, 0.3) is 4.96 Å². The highest BCUT2D eigenvalue weighted by atomic mass is 32.1. The molecule has 0 aliphatic rings. The van der Waals surface area contributed by atoms with Crippen LogP contribution in [0.1, 0.15) is 20.9 Å². The molecule has 3 aromatic rings. The fourth-order valence-corrected chi connectivity index (χ4v) is 2.72. The summed E-state index contributed by atoms with van der Waals surface area (Å²) in [5, 5.41) is 15.8. The Kier molecular flexibility index (Phi) is 3.42. The Morgan fingerprint density at radius 2 is 2.25 bits per heavy atom. The van der Waals surface area contributed by atoms with Crippen LogP contribution in [0.3, 0.4) is 0 Å². The number of hydrogen-bond acceptors (Lipinski definition) is 5. The molecule has 0 saturated carbocycles. The van der Waals surface area contributed by atoms with Crippen LogP contribution in [0.4, 0.5) is 0 Å². The van der Waals surface area contributed by atoms with Crippen LogP contribution >= 0.6 is 11.3 Å². The minimum absolute atomic E-state index is 0.0499. The fraction of sp³-hybridized carbons (Fsp3) is 0.231. The standard InChI is InChI=1S/C13H13N5OS/c1-9-4-2-3-5-10(9)12(19)14-7-6-11-17-18-8-15-16-13(18)20-11/h2-5,8H,6-7H2,1H3,(H,14,19). The second-order valence-electron chi connectivity index (χ2n) is 4.37. The normalized spacial score (nSPS) is 10.8. The van der Waals surface area contributed by atoms with E-state index in [4.69, 9.17) is 0 Å². The van der Waals surface area contributed by atoms with Crippen molar-refractivity contribution in [3.05, 3.63) is 46.7 Å². The molecule has 20 heavy (non-hydrogen) atoms. The number of carbonyl (C=O) groups excluding carboxylic acids is 1. The van der Waals surface area contributed by atoms with Gasteiger partial charge in [-0.15, -0.1) is 10.2 Å². The second kappa shape index (κ2) is 5.38. The van der Waals surface area contributed by atoms with E-state index in [-0.39, 0.29) is 5.91 Å². The topological polar surface area (TPSA) is 72.2 Å². The van der Waals surface area contributed by atoms with E-state index in [9.17, 15) is 4.79 Å². The van der Waals surface area contributed by atoms with Crippen LogP contribution in [-0.2, 0) is 6.42 Å². The molecule has 1 N–H and O–H groups in total. The lowest BCUT2D eigenvalue weighted by atomic mass is 10.1. The first kappa shape index (κ1) is 12.7. The summed E-state index contributed by atoms with van der Waals surface area (Å²) in [6.07, 6.45) is 2.26. The Hall–Kier alpha value is -2.28. The number of nitrogens with one attached hydrogen (secondary N) is 1. The van der Waals surface area contributed by atoms with Crippen molar-refractivity contribution in [2.24, 2.45) is 0 Å². The number of fused-ring (bicyclic) bond motifs is 1. The Bertz CT molecular complexity index is 719. The molecule has 3 rings (SSSR count). The molecule has 7 heteroatoms. The van der Waals surface area contributed by atoms with E-state index in [1.54, 1.807) is 10.8 Å². The summed E-state index contributed by atoms with van der Waals surface area (Å²) in [5.74, 6) is -0.0499. The van der Waals surface area contributed by atoms with Crippen molar-refractivity contribution in [2.45, 2.75) is 13.3 Å². The molecule has 2 aromatic heterocycles. The molecule has 0 saturated heterocycles. The number of rotatable bonds is 4. The molecule has 0 aliphatic heterocycles. The molecule has 0 bridgehead atoms. The maximum Gasteiger partial charge on any atom is 0.251 e. The predicted molar refractivity (Wildman–Crippen MR) is 75.9 cm³/mol. The molecular formula is C13H13N5OS. The van der Waals surface area contributed by atoms with E-state index in [1.807, 2.05) is 31.2 Å². The van der Waals surface area contributed by atoms with Gasteiger partial charge in [-0.2, -0.15) is 9.61 Å². The molecule has 0 atom stereocenters. The first-order valence-corrected chi connectivity index (χ1v) is 7.05. The van der Waals surface area contributed by atoms with E-state index in [0.29, 0.717) is 18.5 Å². The van der Waals surface area contributed by atoms with Crippen LogP contribution in [-0.4, -0.2) is 32.3 Å². The smallest absolute Gasteiger partial charge is 0.251 e. The average molecular weight is 287 g/mol. The molecule has 1 amide bonds. The lowest BCUT2D eigenvalue weighted by molar-refractivity contribution is 0.0953.